The molecule has 0 saturated carbocycles. The average molecular weight is 1330 g/mol. The van der Waals surface area contributed by atoms with E-state index in [4.69, 9.17) is 18.9 Å². The third-order valence-corrected chi connectivity index (χ3v) is 17.9. The Labute approximate surface area is 578 Å². The molecule has 0 bridgehead atoms. The molecule has 1 amide bonds. The summed E-state index contributed by atoms with van der Waals surface area (Å²) < 4.78 is 22.9. The quantitative estimate of drug-likeness (QED) is 0.0204. The van der Waals surface area contributed by atoms with Gasteiger partial charge in [-0.3, -0.25) is 4.79 Å². The zero-order valence-electron chi connectivity index (χ0n) is 59.6. The minimum absolute atomic E-state index is 0.249. The van der Waals surface area contributed by atoms with E-state index in [1.165, 1.54) is 141 Å². The Hall–Kier alpha value is -3.61. The van der Waals surface area contributed by atoms with Gasteiger partial charge in [-0.05, 0) is 103 Å². The number of hydrogen-bond donors (Lipinski definition) is 9. The number of aliphatic hydroxyl groups is 8. The minimum atomic E-state index is -1.80. The summed E-state index contributed by atoms with van der Waals surface area (Å²) in [6.45, 7) is 2.67. The second-order valence-corrected chi connectivity index (χ2v) is 26.4. The first-order valence-electron chi connectivity index (χ1n) is 38.3. The summed E-state index contributed by atoms with van der Waals surface area (Å²) in [6, 6.07) is -0.956. The van der Waals surface area contributed by atoms with Crippen molar-refractivity contribution in [3.05, 3.63) is 122 Å². The molecule has 9 N–H and O–H groups in total. The van der Waals surface area contributed by atoms with Crippen molar-refractivity contribution in [2.45, 2.75) is 364 Å². The van der Waals surface area contributed by atoms with Gasteiger partial charge in [0.05, 0.1) is 32.0 Å². The van der Waals surface area contributed by atoms with E-state index in [0.717, 1.165) is 116 Å². The van der Waals surface area contributed by atoms with Crippen molar-refractivity contribution in [2.24, 2.45) is 0 Å². The molecule has 0 aromatic rings. The molecule has 12 unspecified atom stereocenters. The molecule has 0 radical (unpaired) electrons. The van der Waals surface area contributed by atoms with E-state index >= 15 is 0 Å². The van der Waals surface area contributed by atoms with Gasteiger partial charge in [0, 0.05) is 6.42 Å². The number of amides is 1. The smallest absolute Gasteiger partial charge is 0.220 e. The summed E-state index contributed by atoms with van der Waals surface area (Å²) in [5, 5.41) is 87.6. The third-order valence-electron chi connectivity index (χ3n) is 17.9. The normalized spacial score (nSPS) is 23.1. The molecule has 0 aromatic carbocycles. The molecule has 0 aromatic heterocycles. The Balaban J connectivity index is 1.69. The van der Waals surface area contributed by atoms with Crippen molar-refractivity contribution in [3.8, 4) is 0 Å². The maximum Gasteiger partial charge on any atom is 0.220 e. The summed E-state index contributed by atoms with van der Waals surface area (Å²) in [7, 11) is 0. The highest BCUT2D eigenvalue weighted by molar-refractivity contribution is 5.76. The zero-order chi connectivity index (χ0) is 68.7. The van der Waals surface area contributed by atoms with Crippen LogP contribution >= 0.6 is 0 Å². The lowest BCUT2D eigenvalue weighted by atomic mass is 9.97. The van der Waals surface area contributed by atoms with Crippen LogP contribution in [-0.4, -0.2) is 140 Å². The van der Waals surface area contributed by atoms with Gasteiger partial charge in [0.2, 0.25) is 5.91 Å². The van der Waals surface area contributed by atoms with Gasteiger partial charge in [-0.25, -0.2) is 0 Å². The first-order valence-corrected chi connectivity index (χ1v) is 38.3. The topological polar surface area (TPSA) is 228 Å². The maximum atomic E-state index is 13.4. The van der Waals surface area contributed by atoms with E-state index in [2.05, 4.69) is 129 Å². The molecule has 14 heteroatoms. The molecule has 14 nitrogen and oxygen atoms in total. The van der Waals surface area contributed by atoms with E-state index < -0.39 is 86.8 Å². The number of nitrogens with one attached hydrogen (secondary N) is 1. The van der Waals surface area contributed by atoms with Crippen molar-refractivity contribution in [1.29, 1.82) is 0 Å². The molecule has 2 fully saturated rings. The summed E-state index contributed by atoms with van der Waals surface area (Å²) >= 11 is 0. The molecule has 0 aliphatic carbocycles. The van der Waals surface area contributed by atoms with Crippen molar-refractivity contribution >= 4 is 5.91 Å². The Kier molecular flexibility index (Phi) is 58.8. The zero-order valence-corrected chi connectivity index (χ0v) is 59.6. The van der Waals surface area contributed by atoms with Gasteiger partial charge in [-0.1, -0.05) is 302 Å². The van der Waals surface area contributed by atoms with Crippen molar-refractivity contribution in [2.75, 3.05) is 19.8 Å². The number of allylic oxidation sites excluding steroid dienone is 19. The van der Waals surface area contributed by atoms with Gasteiger partial charge in [-0.2, -0.15) is 0 Å². The number of carbonyl (C=O) groups excluding carboxylic acids is 1. The predicted molar refractivity (Wildman–Crippen MR) is 392 cm³/mol. The molecular weight excluding hydrogens is 1190 g/mol. The number of rotatable bonds is 62. The number of ether oxygens (including phenoxy) is 4. The van der Waals surface area contributed by atoms with Crippen LogP contribution in [0.25, 0.3) is 0 Å². The molecule has 2 saturated heterocycles. The van der Waals surface area contributed by atoms with Gasteiger partial charge >= 0.3 is 0 Å². The van der Waals surface area contributed by atoms with Gasteiger partial charge in [0.25, 0.3) is 0 Å². The summed E-state index contributed by atoms with van der Waals surface area (Å²) in [6.07, 6.45) is 77.0. The van der Waals surface area contributed by atoms with Crippen molar-refractivity contribution in [1.82, 2.24) is 5.32 Å². The van der Waals surface area contributed by atoms with Crippen LogP contribution in [0.5, 0.6) is 0 Å². The number of aliphatic hydroxyl groups excluding tert-OH is 8. The fourth-order valence-electron chi connectivity index (χ4n) is 11.8. The van der Waals surface area contributed by atoms with Crippen LogP contribution in [0.2, 0.25) is 0 Å². The fraction of sp³-hybridized carbons (Fsp3) is 0.741. The maximum absolute atomic E-state index is 13.4. The monoisotopic (exact) mass is 1330 g/mol. The number of unbranched alkanes of at least 4 members (excludes halogenated alkanes) is 31. The van der Waals surface area contributed by atoms with Crippen LogP contribution in [0, 0.1) is 0 Å². The van der Waals surface area contributed by atoms with Crippen molar-refractivity contribution < 1.29 is 64.6 Å². The molecule has 95 heavy (non-hydrogen) atoms. The van der Waals surface area contributed by atoms with E-state index in [1.54, 1.807) is 6.08 Å². The predicted octanol–water partition coefficient (Wildman–Crippen LogP) is 16.8. The number of carbonyl (C=O) groups is 1. The molecule has 2 heterocycles. The second kappa shape index (κ2) is 63.8. The number of hydrogen-bond acceptors (Lipinski definition) is 13. The molecule has 2 aliphatic rings. The fourth-order valence-corrected chi connectivity index (χ4v) is 11.8. The van der Waals surface area contributed by atoms with Gasteiger partial charge < -0.3 is 65.1 Å². The molecular formula is C81H139NO13. The van der Waals surface area contributed by atoms with E-state index in [0.29, 0.717) is 12.8 Å². The molecule has 546 valence electrons. The van der Waals surface area contributed by atoms with Crippen molar-refractivity contribution in [3.63, 3.8) is 0 Å². The van der Waals surface area contributed by atoms with Gasteiger partial charge in [0.15, 0.2) is 12.6 Å². The van der Waals surface area contributed by atoms with Gasteiger partial charge in [-0.15, -0.1) is 0 Å². The lowest BCUT2D eigenvalue weighted by molar-refractivity contribution is -0.359. The Bertz CT molecular complexity index is 2060. The van der Waals surface area contributed by atoms with Crippen LogP contribution in [0.15, 0.2) is 122 Å². The van der Waals surface area contributed by atoms with E-state index in [1.807, 2.05) is 6.08 Å². The highest BCUT2D eigenvalue weighted by Crippen LogP contribution is 2.30. The van der Waals surface area contributed by atoms with Crippen LogP contribution in [0.1, 0.15) is 290 Å². The highest BCUT2D eigenvalue weighted by Gasteiger charge is 2.51. The first kappa shape index (κ1) is 87.5. The van der Waals surface area contributed by atoms with Crippen LogP contribution in [-0.2, 0) is 23.7 Å². The lowest BCUT2D eigenvalue weighted by Crippen LogP contribution is -2.65. The molecule has 2 rings (SSSR count). The summed E-state index contributed by atoms with van der Waals surface area (Å²) in [5.41, 5.74) is 0. The minimum Gasteiger partial charge on any atom is -0.394 e. The Morgan fingerprint density at radius 3 is 1.16 bits per heavy atom. The summed E-state index contributed by atoms with van der Waals surface area (Å²) in [5.74, 6) is -0.267. The molecule has 2 aliphatic heterocycles. The summed E-state index contributed by atoms with van der Waals surface area (Å²) in [4.78, 5) is 13.4. The lowest BCUT2D eigenvalue weighted by Gasteiger charge is -2.46. The van der Waals surface area contributed by atoms with Crippen LogP contribution in [0.3, 0.4) is 0 Å². The SMILES string of the molecule is CC/C=C\C/C=C\C/C=C\C/C=C\C/C=C\C/C=C\C/C=C\CCCCCCCCCC(=O)NC(COC1OC(CO)C(OC2OC(CO)C(O)C(O)C2O)C(O)C1O)C(O)/C=C/CC/C=C/CC/C=C/CCCCCCCCCCCCCCCCCCCCCCCC. The molecule has 0 spiro atoms. The Morgan fingerprint density at radius 1 is 0.389 bits per heavy atom. The Morgan fingerprint density at radius 2 is 0.737 bits per heavy atom. The average Bonchev–Trinajstić information content (AvgIpc) is 0.801. The largest absolute Gasteiger partial charge is 0.394 e. The first-order chi connectivity index (χ1) is 46.6. The standard InChI is InChI=1S/C81H139NO13/c1-3-5-7-9-11-13-15-17-19-21-23-25-27-29-31-33-34-35-37-38-40-42-44-46-48-50-52-54-56-58-60-62-64-70(85)69(68-92-80-78(91)76(89)79(72(67-84)94-80)95-81-77(90)75(88)74(87)71(66-83)93-81)82-73(86)65-63-61-59-57-55-53-51-49-47-45-43-41-39-36-32-30-28-26-24-22-20-18-16-14-12-10-8-6-4-2/h6,8,12,14,18,20,24,26,30,32,39,41,45-48,54,56,62,64,69-72,74-81,83-85,87-91H,3-5,7,9-11,13,15-17,19,21-23,25,27-29,31,33-38,40,42-44,49-53,55,57-61,63,65-68H2,1-2H3,(H,82,86)/b8-6-,14-12-,20-18-,26-24-,32-30-,41-39-,47-45-,48-46+,56-54+,64-62+. The highest BCUT2D eigenvalue weighted by atomic mass is 16.7. The molecule has 12 atom stereocenters. The van der Waals surface area contributed by atoms with Crippen LogP contribution < -0.4 is 5.32 Å². The third kappa shape index (κ3) is 47.1. The van der Waals surface area contributed by atoms with Crippen LogP contribution in [0.4, 0.5) is 0 Å². The van der Waals surface area contributed by atoms with E-state index in [-0.39, 0.29) is 18.9 Å². The van der Waals surface area contributed by atoms with Gasteiger partial charge in [0.1, 0.15) is 48.8 Å². The second-order valence-electron chi connectivity index (χ2n) is 26.4. The van der Waals surface area contributed by atoms with E-state index in [9.17, 15) is 45.6 Å².